The van der Waals surface area contributed by atoms with Crippen molar-refractivity contribution in [1.29, 1.82) is 0 Å². The topological polar surface area (TPSA) is 82.8 Å². The van der Waals surface area contributed by atoms with E-state index >= 15 is 0 Å². The summed E-state index contributed by atoms with van der Waals surface area (Å²) in [6, 6.07) is 5.48. The van der Waals surface area contributed by atoms with E-state index in [9.17, 15) is 4.79 Å². The van der Waals surface area contributed by atoms with E-state index in [-0.39, 0.29) is 0 Å². The van der Waals surface area contributed by atoms with Crippen molar-refractivity contribution in [3.05, 3.63) is 23.8 Å². The largest absolute Gasteiger partial charge is 0.497 e. The molecule has 1 unspecified atom stereocenters. The Hall–Kier alpha value is -1.79. The van der Waals surface area contributed by atoms with Crippen molar-refractivity contribution in [3.63, 3.8) is 0 Å². The zero-order chi connectivity index (χ0) is 15.0. The van der Waals surface area contributed by atoms with Gasteiger partial charge in [0.2, 0.25) is 0 Å². The number of amides is 1. The Kier molecular flexibility index (Phi) is 6.83. The van der Waals surface area contributed by atoms with Gasteiger partial charge in [-0.05, 0) is 13.0 Å². The lowest BCUT2D eigenvalue weighted by atomic mass is 10.2. The van der Waals surface area contributed by atoms with E-state index in [1.54, 1.807) is 27.2 Å². The first kappa shape index (κ1) is 16.3. The normalized spacial score (nSPS) is 11.9. The molecule has 0 spiro atoms. The number of primary amides is 1. The molecule has 1 rings (SSSR count). The van der Waals surface area contributed by atoms with Gasteiger partial charge in [0, 0.05) is 31.8 Å². The molecule has 0 radical (unpaired) electrons. The van der Waals surface area contributed by atoms with Crippen LogP contribution in [0.25, 0.3) is 0 Å². The van der Waals surface area contributed by atoms with E-state index in [1.807, 2.05) is 12.1 Å². The molecule has 1 amide bonds. The summed E-state index contributed by atoms with van der Waals surface area (Å²) in [5.74, 6) is 0.740. The highest BCUT2D eigenvalue weighted by molar-refractivity contribution is 5.78. The molecular formula is C14H22N2O4. The lowest BCUT2D eigenvalue weighted by molar-refractivity contribution is -0.124. The molecule has 0 bridgehead atoms. The monoisotopic (exact) mass is 282 g/mol. The summed E-state index contributed by atoms with van der Waals surface area (Å²) in [5, 5.41) is 3.22. The van der Waals surface area contributed by atoms with Gasteiger partial charge in [-0.25, -0.2) is 0 Å². The van der Waals surface area contributed by atoms with Crippen LogP contribution in [0, 0.1) is 0 Å². The molecule has 0 saturated carbocycles. The second-order valence-electron chi connectivity index (χ2n) is 4.31. The summed E-state index contributed by atoms with van der Waals surface area (Å²) in [6.45, 7) is 3.58. The van der Waals surface area contributed by atoms with Gasteiger partial charge < -0.3 is 25.3 Å². The number of hydrogen-bond acceptors (Lipinski definition) is 5. The van der Waals surface area contributed by atoms with Crippen molar-refractivity contribution in [2.24, 2.45) is 5.73 Å². The Morgan fingerprint density at radius 2 is 2.15 bits per heavy atom. The van der Waals surface area contributed by atoms with Crippen LogP contribution in [0.4, 0.5) is 0 Å². The minimum Gasteiger partial charge on any atom is -0.497 e. The highest BCUT2D eigenvalue weighted by Crippen LogP contribution is 2.25. The minimum absolute atomic E-state index is 0.508. The maximum absolute atomic E-state index is 11.1. The molecule has 6 nitrogen and oxygen atoms in total. The van der Waals surface area contributed by atoms with Gasteiger partial charge in [-0.1, -0.05) is 6.07 Å². The molecule has 1 aromatic carbocycles. The lowest BCUT2D eigenvalue weighted by Gasteiger charge is -2.16. The van der Waals surface area contributed by atoms with Crippen molar-refractivity contribution in [3.8, 4) is 11.5 Å². The third-order valence-corrected chi connectivity index (χ3v) is 2.78. The SMILES string of the molecule is COCCNCc1ccc(OC)cc1OC(C)C(N)=O. The summed E-state index contributed by atoms with van der Waals surface area (Å²) in [4.78, 5) is 11.1. The number of methoxy groups -OCH3 is 2. The maximum Gasteiger partial charge on any atom is 0.258 e. The van der Waals surface area contributed by atoms with E-state index < -0.39 is 12.0 Å². The molecule has 0 aliphatic heterocycles. The average Bonchev–Trinajstić information content (AvgIpc) is 2.44. The van der Waals surface area contributed by atoms with Crippen molar-refractivity contribution in [2.75, 3.05) is 27.4 Å². The predicted molar refractivity (Wildman–Crippen MR) is 75.9 cm³/mol. The first-order chi connectivity index (χ1) is 9.58. The molecule has 0 aliphatic rings. The summed E-state index contributed by atoms with van der Waals surface area (Å²) in [6.07, 6.45) is -0.695. The Morgan fingerprint density at radius 3 is 2.75 bits per heavy atom. The molecule has 1 aromatic rings. The Bertz CT molecular complexity index is 437. The average molecular weight is 282 g/mol. The summed E-state index contributed by atoms with van der Waals surface area (Å²) in [7, 11) is 3.23. The van der Waals surface area contributed by atoms with Crippen LogP contribution in [0.2, 0.25) is 0 Å². The van der Waals surface area contributed by atoms with E-state index in [0.29, 0.717) is 24.7 Å². The Morgan fingerprint density at radius 1 is 1.40 bits per heavy atom. The van der Waals surface area contributed by atoms with Crippen molar-refractivity contribution >= 4 is 5.91 Å². The van der Waals surface area contributed by atoms with Crippen LogP contribution in [-0.4, -0.2) is 39.4 Å². The van der Waals surface area contributed by atoms with Crippen LogP contribution in [0.3, 0.4) is 0 Å². The summed E-state index contributed by atoms with van der Waals surface area (Å²) in [5.41, 5.74) is 6.14. The Labute approximate surface area is 119 Å². The van der Waals surface area contributed by atoms with Crippen LogP contribution in [-0.2, 0) is 16.1 Å². The standard InChI is InChI=1S/C14H22N2O4/c1-10(14(15)17)20-13-8-12(19-3)5-4-11(13)9-16-6-7-18-2/h4-5,8,10,16H,6-7,9H2,1-3H3,(H2,15,17). The number of rotatable bonds is 9. The molecule has 0 aliphatic carbocycles. The fraction of sp³-hybridized carbons (Fsp3) is 0.500. The van der Waals surface area contributed by atoms with Crippen molar-refractivity contribution in [1.82, 2.24) is 5.32 Å². The Balaban J connectivity index is 2.78. The second-order valence-corrected chi connectivity index (χ2v) is 4.31. The fourth-order valence-corrected chi connectivity index (χ4v) is 1.56. The van der Waals surface area contributed by atoms with Gasteiger partial charge in [-0.15, -0.1) is 0 Å². The van der Waals surface area contributed by atoms with Crippen LogP contribution in [0.15, 0.2) is 18.2 Å². The summed E-state index contributed by atoms with van der Waals surface area (Å²) >= 11 is 0. The molecular weight excluding hydrogens is 260 g/mol. The predicted octanol–water partition coefficient (Wildman–Crippen LogP) is 0.684. The number of carbonyl (C=O) groups is 1. The van der Waals surface area contributed by atoms with Crippen molar-refractivity contribution in [2.45, 2.75) is 19.6 Å². The van der Waals surface area contributed by atoms with Gasteiger partial charge in [0.15, 0.2) is 6.10 Å². The molecule has 112 valence electrons. The molecule has 3 N–H and O–H groups in total. The molecule has 0 heterocycles. The minimum atomic E-state index is -0.695. The van der Waals surface area contributed by atoms with Crippen LogP contribution in [0.1, 0.15) is 12.5 Å². The van der Waals surface area contributed by atoms with E-state index in [1.165, 1.54) is 0 Å². The zero-order valence-electron chi connectivity index (χ0n) is 12.1. The van der Waals surface area contributed by atoms with E-state index in [0.717, 1.165) is 12.1 Å². The van der Waals surface area contributed by atoms with Gasteiger partial charge in [0.05, 0.1) is 13.7 Å². The maximum atomic E-state index is 11.1. The lowest BCUT2D eigenvalue weighted by Crippen LogP contribution is -2.31. The first-order valence-corrected chi connectivity index (χ1v) is 6.41. The fourth-order valence-electron chi connectivity index (χ4n) is 1.56. The number of nitrogens with two attached hydrogens (primary N) is 1. The zero-order valence-corrected chi connectivity index (χ0v) is 12.1. The van der Waals surface area contributed by atoms with Gasteiger partial charge in [0.1, 0.15) is 11.5 Å². The molecule has 20 heavy (non-hydrogen) atoms. The molecule has 0 saturated heterocycles. The highest BCUT2D eigenvalue weighted by atomic mass is 16.5. The van der Waals surface area contributed by atoms with Crippen LogP contribution in [0.5, 0.6) is 11.5 Å². The van der Waals surface area contributed by atoms with Gasteiger partial charge in [0.25, 0.3) is 5.91 Å². The number of hydrogen-bond donors (Lipinski definition) is 2. The van der Waals surface area contributed by atoms with Crippen molar-refractivity contribution < 1.29 is 19.0 Å². The third kappa shape index (κ3) is 5.07. The van der Waals surface area contributed by atoms with Gasteiger partial charge in [-0.3, -0.25) is 4.79 Å². The van der Waals surface area contributed by atoms with Gasteiger partial charge >= 0.3 is 0 Å². The molecule has 0 aromatic heterocycles. The number of nitrogens with one attached hydrogen (secondary N) is 1. The van der Waals surface area contributed by atoms with E-state index in [4.69, 9.17) is 19.9 Å². The van der Waals surface area contributed by atoms with E-state index in [2.05, 4.69) is 5.32 Å². The molecule has 0 fully saturated rings. The van der Waals surface area contributed by atoms with Crippen LogP contribution >= 0.6 is 0 Å². The quantitative estimate of drug-likeness (QED) is 0.651. The van der Waals surface area contributed by atoms with Gasteiger partial charge in [-0.2, -0.15) is 0 Å². The molecule has 6 heteroatoms. The third-order valence-electron chi connectivity index (χ3n) is 2.78. The summed E-state index contributed by atoms with van der Waals surface area (Å²) < 4.78 is 15.7. The highest BCUT2D eigenvalue weighted by Gasteiger charge is 2.13. The second kappa shape index (κ2) is 8.39. The number of carbonyl (C=O) groups excluding carboxylic acids is 1. The smallest absolute Gasteiger partial charge is 0.258 e. The number of benzene rings is 1. The van der Waals surface area contributed by atoms with Crippen LogP contribution < -0.4 is 20.5 Å². The molecule has 1 atom stereocenters. The number of ether oxygens (including phenoxy) is 3. The first-order valence-electron chi connectivity index (χ1n) is 6.41.